The number of piperidine rings is 1. The molecule has 2 aliphatic rings. The van der Waals surface area contributed by atoms with Crippen molar-refractivity contribution >= 4 is 23.3 Å². The number of rotatable bonds is 3. The Morgan fingerprint density at radius 3 is 2.65 bits per heavy atom. The predicted molar refractivity (Wildman–Crippen MR) is 86.7 cm³/mol. The second kappa shape index (κ2) is 6.53. The van der Waals surface area contributed by atoms with Gasteiger partial charge >= 0.3 is 5.69 Å². The predicted octanol–water partition coefficient (Wildman–Crippen LogP) is 1.04. The molecule has 0 amide bonds. The van der Waals surface area contributed by atoms with Crippen LogP contribution in [0.25, 0.3) is 0 Å². The highest BCUT2D eigenvalue weighted by Crippen LogP contribution is 2.35. The molecule has 3 heterocycles. The van der Waals surface area contributed by atoms with E-state index in [0.29, 0.717) is 44.0 Å². The van der Waals surface area contributed by atoms with Crippen LogP contribution in [-0.4, -0.2) is 54.3 Å². The number of aromatic nitrogens is 2. The lowest BCUT2D eigenvalue weighted by Gasteiger charge is -2.33. The van der Waals surface area contributed by atoms with Crippen LogP contribution in [-0.2, 0) is 4.74 Å². The highest BCUT2D eigenvalue weighted by molar-refractivity contribution is 5.71. The molecule has 2 aliphatic heterocycles. The Hall–Kier alpha value is -2.16. The third-order valence-electron chi connectivity index (χ3n) is 4.31. The molecule has 0 aromatic carbocycles. The second-order valence-corrected chi connectivity index (χ2v) is 6.13. The van der Waals surface area contributed by atoms with Gasteiger partial charge in [0.15, 0.2) is 0 Å². The summed E-state index contributed by atoms with van der Waals surface area (Å²) < 4.78 is 5.33. The Labute approximate surface area is 134 Å². The molecule has 9 heteroatoms. The Morgan fingerprint density at radius 2 is 2.00 bits per heavy atom. The third-order valence-corrected chi connectivity index (χ3v) is 4.31. The number of morpholine rings is 1. The van der Waals surface area contributed by atoms with Gasteiger partial charge in [0, 0.05) is 26.2 Å². The molecule has 0 saturated carbocycles. The van der Waals surface area contributed by atoms with Gasteiger partial charge in [-0.15, -0.1) is 0 Å². The van der Waals surface area contributed by atoms with Crippen molar-refractivity contribution < 1.29 is 9.66 Å². The average molecular weight is 322 g/mol. The molecule has 0 radical (unpaired) electrons. The largest absolute Gasteiger partial charge is 0.378 e. The van der Waals surface area contributed by atoms with Crippen molar-refractivity contribution in [2.75, 3.05) is 54.9 Å². The normalized spacial score (nSPS) is 22.2. The van der Waals surface area contributed by atoms with E-state index >= 15 is 0 Å². The molecule has 2 N–H and O–H groups in total. The van der Waals surface area contributed by atoms with Crippen LogP contribution in [0.2, 0.25) is 0 Å². The minimum Gasteiger partial charge on any atom is -0.378 e. The first-order valence-electron chi connectivity index (χ1n) is 7.96. The van der Waals surface area contributed by atoms with Crippen molar-refractivity contribution in [3.8, 4) is 0 Å². The number of nitrogens with zero attached hydrogens (tertiary/aromatic N) is 5. The highest BCUT2D eigenvalue weighted by Gasteiger charge is 2.31. The van der Waals surface area contributed by atoms with Crippen molar-refractivity contribution in [1.29, 1.82) is 0 Å². The van der Waals surface area contributed by atoms with Crippen LogP contribution in [0.15, 0.2) is 0 Å². The number of hydrogen-bond donors (Lipinski definition) is 1. The Kier molecular flexibility index (Phi) is 4.46. The Bertz CT molecular complexity index is 590. The highest BCUT2D eigenvalue weighted by atomic mass is 16.6. The fraction of sp³-hybridized carbons (Fsp3) is 0.714. The van der Waals surface area contributed by atoms with Gasteiger partial charge in [0.2, 0.25) is 17.6 Å². The first kappa shape index (κ1) is 15.7. The summed E-state index contributed by atoms with van der Waals surface area (Å²) in [5.41, 5.74) is 5.71. The molecular formula is C14H22N6O3. The number of anilines is 3. The van der Waals surface area contributed by atoms with Gasteiger partial charge < -0.3 is 20.3 Å². The molecule has 1 atom stereocenters. The fourth-order valence-corrected chi connectivity index (χ4v) is 3.13. The van der Waals surface area contributed by atoms with E-state index < -0.39 is 4.92 Å². The summed E-state index contributed by atoms with van der Waals surface area (Å²) in [7, 11) is 0. The second-order valence-electron chi connectivity index (χ2n) is 6.13. The Balaban J connectivity index is 1.99. The van der Waals surface area contributed by atoms with Gasteiger partial charge in [0.1, 0.15) is 0 Å². The van der Waals surface area contributed by atoms with E-state index in [9.17, 15) is 10.1 Å². The summed E-state index contributed by atoms with van der Waals surface area (Å²) in [6.07, 6.45) is 2.12. The molecule has 1 aromatic heterocycles. The van der Waals surface area contributed by atoms with Crippen molar-refractivity contribution in [2.24, 2.45) is 5.92 Å². The molecule has 23 heavy (non-hydrogen) atoms. The maximum atomic E-state index is 11.4. The van der Waals surface area contributed by atoms with Crippen molar-refractivity contribution in [1.82, 2.24) is 9.97 Å². The van der Waals surface area contributed by atoms with Gasteiger partial charge in [-0.1, -0.05) is 6.92 Å². The number of nitrogen functional groups attached to an aromatic ring is 1. The number of hydrogen-bond acceptors (Lipinski definition) is 8. The molecule has 9 nitrogen and oxygen atoms in total. The van der Waals surface area contributed by atoms with Gasteiger partial charge in [-0.3, -0.25) is 10.1 Å². The summed E-state index contributed by atoms with van der Waals surface area (Å²) in [5.74, 6) is 1.20. The van der Waals surface area contributed by atoms with Crippen LogP contribution in [0.4, 0.5) is 23.3 Å². The quantitative estimate of drug-likeness (QED) is 0.649. The number of nitro groups is 1. The lowest BCUT2D eigenvalue weighted by Crippen LogP contribution is -2.39. The molecule has 3 rings (SSSR count). The van der Waals surface area contributed by atoms with Gasteiger partial charge in [0.05, 0.1) is 18.1 Å². The fourth-order valence-electron chi connectivity index (χ4n) is 3.13. The monoisotopic (exact) mass is 322 g/mol. The summed E-state index contributed by atoms with van der Waals surface area (Å²) in [4.78, 5) is 23.5. The molecule has 1 aromatic rings. The minimum atomic E-state index is -0.479. The Morgan fingerprint density at radius 1 is 1.26 bits per heavy atom. The van der Waals surface area contributed by atoms with Crippen LogP contribution in [0.3, 0.4) is 0 Å². The van der Waals surface area contributed by atoms with Crippen LogP contribution in [0.5, 0.6) is 0 Å². The first-order valence-corrected chi connectivity index (χ1v) is 7.96. The van der Waals surface area contributed by atoms with E-state index in [1.165, 1.54) is 0 Å². The number of nitrogens with two attached hydrogens (primary N) is 1. The van der Waals surface area contributed by atoms with Crippen LogP contribution in [0, 0.1) is 16.0 Å². The molecular weight excluding hydrogens is 300 g/mol. The third kappa shape index (κ3) is 3.29. The van der Waals surface area contributed by atoms with Crippen molar-refractivity contribution in [3.05, 3.63) is 10.1 Å². The van der Waals surface area contributed by atoms with E-state index in [4.69, 9.17) is 10.5 Å². The van der Waals surface area contributed by atoms with E-state index in [-0.39, 0.29) is 11.5 Å². The molecule has 2 saturated heterocycles. The van der Waals surface area contributed by atoms with Gasteiger partial charge in [-0.25, -0.2) is 0 Å². The molecule has 0 unspecified atom stereocenters. The van der Waals surface area contributed by atoms with E-state index in [1.807, 2.05) is 9.80 Å². The minimum absolute atomic E-state index is 0.0697. The molecule has 0 bridgehead atoms. The lowest BCUT2D eigenvalue weighted by atomic mass is 10.0. The molecule has 2 fully saturated rings. The molecule has 0 spiro atoms. The summed E-state index contributed by atoms with van der Waals surface area (Å²) >= 11 is 0. The van der Waals surface area contributed by atoms with Gasteiger partial charge in [0.25, 0.3) is 0 Å². The smallest absolute Gasteiger partial charge is 0.353 e. The zero-order chi connectivity index (χ0) is 16.4. The maximum Gasteiger partial charge on any atom is 0.353 e. The van der Waals surface area contributed by atoms with Crippen LogP contribution in [0.1, 0.15) is 19.8 Å². The van der Waals surface area contributed by atoms with Crippen molar-refractivity contribution in [2.45, 2.75) is 19.8 Å². The molecule has 0 aliphatic carbocycles. The first-order chi connectivity index (χ1) is 11.1. The maximum absolute atomic E-state index is 11.4. The number of ether oxygens (including phenoxy) is 1. The van der Waals surface area contributed by atoms with Gasteiger partial charge in [-0.05, 0) is 18.8 Å². The molecule has 126 valence electrons. The standard InChI is InChI=1S/C14H22N6O3/c1-10-3-2-4-19(9-10)13-11(20(21)22)12(15)16-14(17-13)18-5-7-23-8-6-18/h10H,2-9H2,1H3,(H2,15,16,17)/t10-/m1/s1. The van der Waals surface area contributed by atoms with E-state index in [2.05, 4.69) is 16.9 Å². The van der Waals surface area contributed by atoms with Gasteiger partial charge in [-0.2, -0.15) is 9.97 Å². The van der Waals surface area contributed by atoms with E-state index in [1.54, 1.807) is 0 Å². The van der Waals surface area contributed by atoms with Crippen molar-refractivity contribution in [3.63, 3.8) is 0 Å². The van der Waals surface area contributed by atoms with Crippen LogP contribution >= 0.6 is 0 Å². The zero-order valence-electron chi connectivity index (χ0n) is 13.3. The SMILES string of the molecule is C[C@@H]1CCCN(c2nc(N3CCOCC3)nc(N)c2[N+](=O)[O-])C1. The van der Waals surface area contributed by atoms with Crippen LogP contribution < -0.4 is 15.5 Å². The van der Waals surface area contributed by atoms with E-state index in [0.717, 1.165) is 25.9 Å². The summed E-state index contributed by atoms with van der Waals surface area (Å²) in [6.45, 7) is 6.16. The summed E-state index contributed by atoms with van der Waals surface area (Å²) in [5, 5.41) is 11.4. The zero-order valence-corrected chi connectivity index (χ0v) is 13.3. The average Bonchev–Trinajstić information content (AvgIpc) is 2.54. The lowest BCUT2D eigenvalue weighted by molar-refractivity contribution is -0.383. The summed E-state index contributed by atoms with van der Waals surface area (Å²) in [6, 6.07) is 0. The topological polar surface area (TPSA) is 111 Å².